The first-order chi connectivity index (χ1) is 12.9. The van der Waals surface area contributed by atoms with E-state index >= 15 is 0 Å². The molecule has 3 fully saturated rings. The van der Waals surface area contributed by atoms with Crippen LogP contribution >= 0.6 is 11.8 Å². The third-order valence-corrected chi connectivity index (χ3v) is 12.0. The van der Waals surface area contributed by atoms with Gasteiger partial charge in [-0.15, -0.1) is 0 Å². The summed E-state index contributed by atoms with van der Waals surface area (Å²) in [6.07, 6.45) is 4.43. The van der Waals surface area contributed by atoms with Crippen molar-refractivity contribution < 1.29 is 22.6 Å². The molecule has 3 atom stereocenters. The van der Waals surface area contributed by atoms with Crippen LogP contribution in [0.2, 0.25) is 0 Å². The van der Waals surface area contributed by atoms with E-state index in [1.54, 1.807) is 6.92 Å². The minimum Gasteiger partial charge on any atom is -0.747 e. The zero-order valence-corrected chi connectivity index (χ0v) is 19.9. The maximum Gasteiger partial charge on any atom is 0.181 e. The van der Waals surface area contributed by atoms with Crippen LogP contribution in [-0.2, 0) is 30.6 Å². The molecule has 162 valence electrons. The second kappa shape index (κ2) is 9.40. The summed E-state index contributed by atoms with van der Waals surface area (Å²) in [6.45, 7) is 7.73. The first kappa shape index (κ1) is 24.2. The van der Waals surface area contributed by atoms with E-state index in [1.807, 2.05) is 25.6 Å². The Hall–Kier alpha value is -0.0500. The van der Waals surface area contributed by atoms with Gasteiger partial charge in [-0.2, -0.15) is 11.8 Å². The maximum atomic E-state index is 12.0. The van der Waals surface area contributed by atoms with Crippen LogP contribution in [0.5, 0.6) is 0 Å². The Morgan fingerprint density at radius 3 is 2.29 bits per heavy atom. The predicted molar refractivity (Wildman–Crippen MR) is 117 cm³/mol. The zero-order valence-electron chi connectivity index (χ0n) is 17.5. The van der Waals surface area contributed by atoms with E-state index in [4.69, 9.17) is 0 Å². The van der Waals surface area contributed by atoms with Gasteiger partial charge in [0.2, 0.25) is 0 Å². The number of hydrogen-bond donors (Lipinski definition) is 0. The van der Waals surface area contributed by atoms with E-state index in [-0.39, 0.29) is 17.1 Å². The molecule has 2 saturated carbocycles. The number of carbonyl (C=O) groups is 2. The van der Waals surface area contributed by atoms with E-state index in [1.165, 1.54) is 23.0 Å². The molecule has 0 aromatic carbocycles. The van der Waals surface area contributed by atoms with Crippen molar-refractivity contribution in [2.24, 2.45) is 16.7 Å². The van der Waals surface area contributed by atoms with Gasteiger partial charge in [0.25, 0.3) is 0 Å². The fourth-order valence-electron chi connectivity index (χ4n) is 4.71. The fraction of sp³-hybridized carbons (Fsp3) is 0.900. The zero-order chi connectivity index (χ0) is 21.2. The molecule has 0 aromatic rings. The number of fused-ring (bicyclic) bond motifs is 2. The summed E-state index contributed by atoms with van der Waals surface area (Å²) in [4.78, 5) is 23.4. The molecular weight excluding hydrogens is 416 g/mol. The van der Waals surface area contributed by atoms with Crippen molar-refractivity contribution in [3.05, 3.63) is 0 Å². The lowest BCUT2D eigenvalue weighted by Crippen LogP contribution is -2.38. The Labute approximate surface area is 177 Å². The molecule has 1 heterocycles. The summed E-state index contributed by atoms with van der Waals surface area (Å²) >= 11 is 2.04. The molecular formula is C20H34O5S3. The van der Waals surface area contributed by atoms with E-state index in [0.29, 0.717) is 29.5 Å². The number of Topliss-reactive ketones (excluding diaryl/α,β-unsaturated/α-hetero) is 2. The van der Waals surface area contributed by atoms with Gasteiger partial charge < -0.3 is 4.55 Å². The van der Waals surface area contributed by atoms with Crippen LogP contribution in [0, 0.1) is 16.7 Å². The Kier molecular flexibility index (Phi) is 8.13. The molecule has 0 spiro atoms. The van der Waals surface area contributed by atoms with Crippen molar-refractivity contribution >= 4 is 44.3 Å². The monoisotopic (exact) mass is 450 g/mol. The van der Waals surface area contributed by atoms with Gasteiger partial charge in [-0.25, -0.2) is 8.42 Å². The molecule has 1 aliphatic heterocycles. The molecule has 28 heavy (non-hydrogen) atoms. The quantitative estimate of drug-likeness (QED) is 0.456. The van der Waals surface area contributed by atoms with E-state index in [2.05, 4.69) is 6.92 Å². The molecule has 0 N–H and O–H groups in total. The van der Waals surface area contributed by atoms with E-state index in [9.17, 15) is 22.6 Å². The molecule has 8 heteroatoms. The number of ketones is 2. The van der Waals surface area contributed by atoms with Crippen molar-refractivity contribution in [3.8, 4) is 0 Å². The molecule has 1 saturated heterocycles. The average Bonchev–Trinajstić information content (AvgIpc) is 2.93. The van der Waals surface area contributed by atoms with Crippen molar-refractivity contribution in [1.29, 1.82) is 0 Å². The molecule has 2 bridgehead atoms. The lowest BCUT2D eigenvalue weighted by Gasteiger charge is -2.32. The largest absolute Gasteiger partial charge is 0.747 e. The average molecular weight is 451 g/mol. The van der Waals surface area contributed by atoms with Crippen LogP contribution in [0.15, 0.2) is 0 Å². The molecule has 3 aliphatic rings. The standard InChI is InChI=1S/C10H16O4S.C10H19OS2/c1-9(2)6-4-5-10(9,3)8(11)7(6)15(12,13)14;1-2-3-4-10(11)9-13-7-5-12-6-8-13/h6-7H,4-5H2,1-3H3,(H,12,13,14);2-9H2,1H3/q;+1/p-1. The predicted octanol–water partition coefficient (Wildman–Crippen LogP) is 3.04. The Balaban J connectivity index is 0.000000203. The van der Waals surface area contributed by atoms with Crippen molar-refractivity contribution in [1.82, 2.24) is 0 Å². The van der Waals surface area contributed by atoms with Gasteiger partial charge in [-0.1, -0.05) is 34.1 Å². The van der Waals surface area contributed by atoms with Crippen LogP contribution in [0.25, 0.3) is 0 Å². The minimum absolute atomic E-state index is 0.294. The highest BCUT2D eigenvalue weighted by atomic mass is 32.2. The van der Waals surface area contributed by atoms with E-state index < -0.39 is 20.8 Å². The second-order valence-electron chi connectivity index (χ2n) is 8.90. The van der Waals surface area contributed by atoms with Crippen molar-refractivity contribution in [2.75, 3.05) is 28.8 Å². The van der Waals surface area contributed by atoms with Crippen LogP contribution in [0.4, 0.5) is 0 Å². The number of thioether (sulfide) groups is 1. The van der Waals surface area contributed by atoms with Crippen LogP contribution in [0.3, 0.4) is 0 Å². The SMILES string of the molecule is CC12CCC(C(S(=O)(=O)[O-])C1=O)C2(C)C.CCCCC(=O)C[S+]1CCSCC1. The summed E-state index contributed by atoms with van der Waals surface area (Å²) in [7, 11) is -4.04. The van der Waals surface area contributed by atoms with Gasteiger partial charge in [-0.3, -0.25) is 9.59 Å². The Morgan fingerprint density at radius 2 is 1.86 bits per heavy atom. The third kappa shape index (κ3) is 4.98. The summed E-state index contributed by atoms with van der Waals surface area (Å²) in [6, 6.07) is 0. The second-order valence-corrected chi connectivity index (χ2v) is 13.9. The summed E-state index contributed by atoms with van der Waals surface area (Å²) in [5.41, 5.74) is -0.994. The number of hydrogen-bond acceptors (Lipinski definition) is 6. The molecule has 2 aliphatic carbocycles. The minimum atomic E-state index is -4.49. The Bertz CT molecular complexity index is 682. The maximum absolute atomic E-state index is 12.0. The van der Waals surface area contributed by atoms with Crippen molar-refractivity contribution in [2.45, 2.75) is 65.0 Å². The topological polar surface area (TPSA) is 91.3 Å². The van der Waals surface area contributed by atoms with Crippen molar-refractivity contribution in [3.63, 3.8) is 0 Å². The molecule has 5 nitrogen and oxygen atoms in total. The highest BCUT2D eigenvalue weighted by Crippen LogP contribution is 2.64. The normalized spacial score (nSPS) is 32.1. The molecule has 0 aromatic heterocycles. The molecule has 3 unspecified atom stereocenters. The number of unbranched alkanes of at least 4 members (excludes halogenated alkanes) is 1. The highest BCUT2D eigenvalue weighted by Gasteiger charge is 2.67. The van der Waals surface area contributed by atoms with Gasteiger partial charge in [0, 0.05) is 23.3 Å². The van der Waals surface area contributed by atoms with Crippen LogP contribution in [-0.4, -0.2) is 58.6 Å². The van der Waals surface area contributed by atoms with E-state index in [0.717, 1.165) is 25.0 Å². The lowest BCUT2D eigenvalue weighted by molar-refractivity contribution is -0.128. The molecule has 0 radical (unpaired) electrons. The number of rotatable bonds is 6. The highest BCUT2D eigenvalue weighted by molar-refractivity contribution is 8.05. The van der Waals surface area contributed by atoms with Gasteiger partial charge in [0.1, 0.15) is 26.9 Å². The lowest BCUT2D eigenvalue weighted by atomic mass is 9.70. The third-order valence-electron chi connectivity index (χ3n) is 6.99. The first-order valence-electron chi connectivity index (χ1n) is 10.2. The van der Waals surface area contributed by atoms with Gasteiger partial charge in [0.15, 0.2) is 17.3 Å². The summed E-state index contributed by atoms with van der Waals surface area (Å²) < 4.78 is 33.3. The summed E-state index contributed by atoms with van der Waals surface area (Å²) in [5, 5.41) is -1.30. The Morgan fingerprint density at radius 1 is 1.25 bits per heavy atom. The van der Waals surface area contributed by atoms with Crippen LogP contribution in [0.1, 0.15) is 59.8 Å². The molecule has 3 rings (SSSR count). The van der Waals surface area contributed by atoms with Crippen LogP contribution < -0.4 is 0 Å². The van der Waals surface area contributed by atoms with Gasteiger partial charge in [0.05, 0.1) is 0 Å². The number of carbonyl (C=O) groups excluding carboxylic acids is 2. The smallest absolute Gasteiger partial charge is 0.181 e. The summed E-state index contributed by atoms with van der Waals surface area (Å²) in [5.74, 6) is 5.90. The van der Waals surface area contributed by atoms with Gasteiger partial charge >= 0.3 is 0 Å². The van der Waals surface area contributed by atoms with Gasteiger partial charge in [-0.05, 0) is 41.5 Å². The fourth-order valence-corrected chi connectivity index (χ4v) is 10.2. The molecule has 0 amide bonds. The first-order valence-corrected chi connectivity index (χ1v) is 14.5.